The van der Waals surface area contributed by atoms with Crippen LogP contribution in [0, 0.1) is 0 Å². The van der Waals surface area contributed by atoms with Crippen LogP contribution in [0.25, 0.3) is 0 Å². The maximum absolute atomic E-state index is 3.94. The Labute approximate surface area is 105 Å². The summed E-state index contributed by atoms with van der Waals surface area (Å²) in [5.41, 5.74) is 1.55. The Balaban J connectivity index is 2.27. The van der Waals surface area contributed by atoms with Crippen molar-refractivity contribution in [3.05, 3.63) is 48.6 Å². The molecule has 0 aliphatic carbocycles. The van der Waals surface area contributed by atoms with Gasteiger partial charge < -0.3 is 0 Å². The van der Waals surface area contributed by atoms with Crippen molar-refractivity contribution < 1.29 is 0 Å². The summed E-state index contributed by atoms with van der Waals surface area (Å²) >= 11 is 0. The number of hydrogen-bond acceptors (Lipinski definition) is 1. The summed E-state index contributed by atoms with van der Waals surface area (Å²) in [7, 11) is 0. The monoisotopic (exact) mass is 229 g/mol. The molecule has 0 amide bonds. The zero-order valence-corrected chi connectivity index (χ0v) is 10.9. The first-order valence-corrected chi connectivity index (χ1v) is 6.69. The van der Waals surface area contributed by atoms with E-state index in [1.165, 1.54) is 37.9 Å². The smallest absolute Gasteiger partial charge is 0.0466 e. The summed E-state index contributed by atoms with van der Waals surface area (Å²) in [6.45, 7) is 8.74. The van der Waals surface area contributed by atoms with Crippen molar-refractivity contribution in [3.8, 4) is 0 Å². The Bertz CT molecular complexity index is 351. The Morgan fingerprint density at radius 2 is 1.82 bits per heavy atom. The second-order valence-electron chi connectivity index (χ2n) is 5.18. The van der Waals surface area contributed by atoms with E-state index in [2.05, 4.69) is 54.8 Å². The van der Waals surface area contributed by atoms with Gasteiger partial charge in [-0.25, -0.2) is 0 Å². The van der Waals surface area contributed by atoms with Gasteiger partial charge in [0, 0.05) is 5.54 Å². The summed E-state index contributed by atoms with van der Waals surface area (Å²) in [5, 5.41) is 0. The molecule has 1 aromatic carbocycles. The lowest BCUT2D eigenvalue weighted by Crippen LogP contribution is -2.46. The van der Waals surface area contributed by atoms with E-state index in [9.17, 15) is 0 Å². The predicted molar refractivity (Wildman–Crippen MR) is 74.0 cm³/mol. The molecule has 1 heterocycles. The highest BCUT2D eigenvalue weighted by molar-refractivity contribution is 5.25. The molecule has 0 N–H and O–H groups in total. The predicted octanol–water partition coefficient (Wildman–Crippen LogP) is 3.96. The van der Waals surface area contributed by atoms with Crippen molar-refractivity contribution in [1.29, 1.82) is 0 Å². The van der Waals surface area contributed by atoms with Crippen LogP contribution >= 0.6 is 0 Å². The average molecular weight is 229 g/mol. The highest BCUT2D eigenvalue weighted by Crippen LogP contribution is 2.34. The lowest BCUT2D eigenvalue weighted by atomic mass is 9.85. The van der Waals surface area contributed by atoms with Crippen molar-refractivity contribution in [2.45, 2.75) is 38.1 Å². The van der Waals surface area contributed by atoms with Crippen molar-refractivity contribution in [1.82, 2.24) is 4.90 Å². The standard InChI is InChI=1S/C16H23N/c1-3-12-16(2,15-10-6-4-7-11-15)17-13-8-5-9-14-17/h3-4,6-7,10-11H,1,5,8-9,12-14H2,2H3. The van der Waals surface area contributed by atoms with E-state index in [1.807, 2.05) is 0 Å². The van der Waals surface area contributed by atoms with Crippen LogP contribution in [-0.2, 0) is 5.54 Å². The summed E-state index contributed by atoms with van der Waals surface area (Å²) in [5.74, 6) is 0. The highest BCUT2D eigenvalue weighted by Gasteiger charge is 2.32. The number of nitrogens with zero attached hydrogens (tertiary/aromatic N) is 1. The maximum Gasteiger partial charge on any atom is 0.0466 e. The van der Waals surface area contributed by atoms with E-state index >= 15 is 0 Å². The molecule has 1 saturated heterocycles. The molecule has 1 nitrogen and oxygen atoms in total. The van der Waals surface area contributed by atoms with Crippen LogP contribution in [0.3, 0.4) is 0 Å². The molecule has 2 rings (SSSR count). The van der Waals surface area contributed by atoms with Crippen molar-refractivity contribution in [2.75, 3.05) is 13.1 Å². The van der Waals surface area contributed by atoms with Crippen LogP contribution in [0.15, 0.2) is 43.0 Å². The van der Waals surface area contributed by atoms with E-state index < -0.39 is 0 Å². The lowest BCUT2D eigenvalue weighted by molar-refractivity contribution is 0.0809. The third-order valence-corrected chi connectivity index (χ3v) is 3.99. The summed E-state index contributed by atoms with van der Waals surface area (Å²) < 4.78 is 0. The molecule has 0 spiro atoms. The Kier molecular flexibility index (Phi) is 4.01. The van der Waals surface area contributed by atoms with E-state index in [0.717, 1.165) is 6.42 Å². The molecular weight excluding hydrogens is 206 g/mol. The van der Waals surface area contributed by atoms with Crippen LogP contribution in [0.2, 0.25) is 0 Å². The molecule has 1 fully saturated rings. The van der Waals surface area contributed by atoms with Crippen molar-refractivity contribution in [2.24, 2.45) is 0 Å². The molecular formula is C16H23N. The zero-order chi connectivity index (χ0) is 12.1. The van der Waals surface area contributed by atoms with E-state index in [0.29, 0.717) is 0 Å². The summed E-state index contributed by atoms with van der Waals surface area (Å²) in [6, 6.07) is 10.9. The second kappa shape index (κ2) is 5.50. The molecule has 1 aliphatic heterocycles. The fraction of sp³-hybridized carbons (Fsp3) is 0.500. The third kappa shape index (κ3) is 2.61. The number of benzene rings is 1. The summed E-state index contributed by atoms with van der Waals surface area (Å²) in [6.07, 6.45) is 7.13. The van der Waals surface area contributed by atoms with Gasteiger partial charge in [0.15, 0.2) is 0 Å². The van der Waals surface area contributed by atoms with E-state index in [1.54, 1.807) is 0 Å². The van der Waals surface area contributed by atoms with Gasteiger partial charge in [0.25, 0.3) is 0 Å². The van der Waals surface area contributed by atoms with Crippen LogP contribution in [-0.4, -0.2) is 18.0 Å². The molecule has 1 heteroatoms. The quantitative estimate of drug-likeness (QED) is 0.706. The molecule has 0 radical (unpaired) electrons. The van der Waals surface area contributed by atoms with Crippen LogP contribution in [0.1, 0.15) is 38.2 Å². The number of likely N-dealkylation sites (tertiary alicyclic amines) is 1. The van der Waals surface area contributed by atoms with Gasteiger partial charge in [0.1, 0.15) is 0 Å². The van der Waals surface area contributed by atoms with Crippen LogP contribution in [0.4, 0.5) is 0 Å². The first-order chi connectivity index (χ1) is 8.27. The molecule has 0 saturated carbocycles. The molecule has 92 valence electrons. The normalized spacial score (nSPS) is 20.8. The lowest BCUT2D eigenvalue weighted by Gasteiger charge is -2.43. The molecule has 1 aliphatic rings. The number of piperidine rings is 1. The molecule has 1 unspecified atom stereocenters. The Hall–Kier alpha value is -1.08. The van der Waals surface area contributed by atoms with Crippen LogP contribution in [0.5, 0.6) is 0 Å². The summed E-state index contributed by atoms with van der Waals surface area (Å²) in [4.78, 5) is 2.63. The van der Waals surface area contributed by atoms with E-state index in [-0.39, 0.29) is 5.54 Å². The average Bonchev–Trinajstić information content (AvgIpc) is 2.41. The minimum absolute atomic E-state index is 0.128. The molecule has 1 aromatic rings. The van der Waals surface area contributed by atoms with Gasteiger partial charge in [-0.15, -0.1) is 6.58 Å². The molecule has 17 heavy (non-hydrogen) atoms. The van der Waals surface area contributed by atoms with Gasteiger partial charge >= 0.3 is 0 Å². The van der Waals surface area contributed by atoms with Crippen molar-refractivity contribution >= 4 is 0 Å². The SMILES string of the molecule is C=CCC(C)(c1ccccc1)N1CCCCC1. The topological polar surface area (TPSA) is 3.24 Å². The van der Waals surface area contributed by atoms with E-state index in [4.69, 9.17) is 0 Å². The van der Waals surface area contributed by atoms with Gasteiger partial charge in [-0.1, -0.05) is 42.8 Å². The Morgan fingerprint density at radius 1 is 1.18 bits per heavy atom. The second-order valence-corrected chi connectivity index (χ2v) is 5.18. The largest absolute Gasteiger partial charge is 0.294 e. The van der Waals surface area contributed by atoms with Gasteiger partial charge in [-0.05, 0) is 44.8 Å². The van der Waals surface area contributed by atoms with Gasteiger partial charge in [0.05, 0.1) is 0 Å². The van der Waals surface area contributed by atoms with Crippen LogP contribution < -0.4 is 0 Å². The first-order valence-electron chi connectivity index (χ1n) is 6.69. The number of hydrogen-bond donors (Lipinski definition) is 0. The molecule has 0 aromatic heterocycles. The molecule has 1 atom stereocenters. The zero-order valence-electron chi connectivity index (χ0n) is 10.9. The minimum Gasteiger partial charge on any atom is -0.294 e. The Morgan fingerprint density at radius 3 is 2.41 bits per heavy atom. The van der Waals surface area contributed by atoms with Crippen molar-refractivity contribution in [3.63, 3.8) is 0 Å². The minimum atomic E-state index is 0.128. The first kappa shape index (κ1) is 12.4. The fourth-order valence-electron chi connectivity index (χ4n) is 2.90. The maximum atomic E-state index is 3.94. The number of rotatable bonds is 4. The van der Waals surface area contributed by atoms with Gasteiger partial charge in [-0.3, -0.25) is 4.90 Å². The fourth-order valence-corrected chi connectivity index (χ4v) is 2.90. The third-order valence-electron chi connectivity index (χ3n) is 3.99. The highest BCUT2D eigenvalue weighted by atomic mass is 15.2. The van der Waals surface area contributed by atoms with Gasteiger partial charge in [-0.2, -0.15) is 0 Å². The van der Waals surface area contributed by atoms with Gasteiger partial charge in [0.2, 0.25) is 0 Å². The molecule has 0 bridgehead atoms.